The summed E-state index contributed by atoms with van der Waals surface area (Å²) < 4.78 is 6.74. The van der Waals surface area contributed by atoms with Gasteiger partial charge in [-0.15, -0.1) is 0 Å². The Morgan fingerprint density at radius 3 is 1.70 bits per heavy atom. The van der Waals surface area contributed by atoms with Gasteiger partial charge in [-0.05, 0) is 86.6 Å². The number of para-hydroxylation sites is 2. The van der Waals surface area contributed by atoms with Crippen molar-refractivity contribution in [2.75, 3.05) is 4.90 Å². The van der Waals surface area contributed by atoms with Gasteiger partial charge in [-0.2, -0.15) is 0 Å². The molecule has 4 nitrogen and oxygen atoms in total. The quantitative estimate of drug-likeness (QED) is 0.167. The molecule has 1 atom stereocenters. The minimum atomic E-state index is -0.125. The second-order valence-electron chi connectivity index (χ2n) is 15.2. The van der Waals surface area contributed by atoms with Gasteiger partial charge in [0.1, 0.15) is 17.0 Å². The molecule has 284 valence electrons. The number of anilines is 3. The molecule has 0 spiro atoms. The Labute approximate surface area is 349 Å². The number of amidine groups is 1. The first-order valence-corrected chi connectivity index (χ1v) is 20.4. The van der Waals surface area contributed by atoms with Crippen molar-refractivity contribution in [3.8, 4) is 22.3 Å². The first kappa shape index (κ1) is 35.2. The summed E-state index contributed by atoms with van der Waals surface area (Å²) in [6.45, 7) is 0. The van der Waals surface area contributed by atoms with Gasteiger partial charge in [0, 0.05) is 33.8 Å². The van der Waals surface area contributed by atoms with Crippen molar-refractivity contribution in [3.05, 3.63) is 241 Å². The normalized spacial score (nSPS) is 13.8. The highest BCUT2D eigenvalue weighted by Gasteiger charge is 2.24. The van der Waals surface area contributed by atoms with Gasteiger partial charge in [-0.1, -0.05) is 176 Å². The Morgan fingerprint density at radius 2 is 0.983 bits per heavy atom. The third-order valence-electron chi connectivity index (χ3n) is 11.5. The van der Waals surface area contributed by atoms with E-state index in [1.807, 2.05) is 18.2 Å². The fraction of sp³-hybridized carbons (Fsp3) is 0.0179. The van der Waals surface area contributed by atoms with Gasteiger partial charge >= 0.3 is 0 Å². The first-order chi connectivity index (χ1) is 29.7. The molecule has 0 saturated carbocycles. The molecule has 10 aromatic rings. The highest BCUT2D eigenvalue weighted by Crippen LogP contribution is 2.46. The second-order valence-corrected chi connectivity index (χ2v) is 15.2. The minimum absolute atomic E-state index is 0.125. The molecule has 0 amide bonds. The zero-order valence-electron chi connectivity index (χ0n) is 32.7. The summed E-state index contributed by atoms with van der Waals surface area (Å²) in [5.74, 6) is 0.854. The standard InChI is InChI=1S/C56H39N3O/c1-5-17-38(18-6-1)39-29-31-43(32-30-39)59(42-23-11-4-12-24-42)44-35-50(55-49-27-15-16-28-53(49)60-54(55)36-44)47-33-34-48(46-26-14-13-25-45(46)47)52-37-51(40-19-7-2-8-20-40)57-56(58-52)41-21-9-3-10-22-41/h1-37,52H,(H,57,58). The molecule has 11 rings (SSSR count). The Hall–Kier alpha value is -7.95. The van der Waals surface area contributed by atoms with Crippen LogP contribution in [0.15, 0.2) is 234 Å². The molecule has 1 unspecified atom stereocenters. The van der Waals surface area contributed by atoms with Crippen LogP contribution < -0.4 is 10.2 Å². The lowest BCUT2D eigenvalue weighted by atomic mass is 9.89. The number of hydrogen-bond donors (Lipinski definition) is 1. The molecule has 4 heteroatoms. The van der Waals surface area contributed by atoms with E-state index in [0.717, 1.165) is 78.2 Å². The molecular formula is C56H39N3O. The van der Waals surface area contributed by atoms with Crippen molar-refractivity contribution in [1.29, 1.82) is 0 Å². The number of fused-ring (bicyclic) bond motifs is 4. The molecule has 1 aliphatic heterocycles. The number of aliphatic imine (C=N–C) groups is 1. The molecule has 1 aromatic heterocycles. The largest absolute Gasteiger partial charge is 0.456 e. The lowest BCUT2D eigenvalue weighted by Crippen LogP contribution is -2.31. The number of furan rings is 1. The molecule has 0 saturated heterocycles. The SMILES string of the molecule is C1=C(c2ccccc2)N=C(c2ccccc2)NC1c1ccc(-c2cc(N(c3ccccc3)c3ccc(-c4ccccc4)cc3)cc3oc4ccccc4c23)c2ccccc12. The van der Waals surface area contributed by atoms with Crippen molar-refractivity contribution >= 4 is 61.3 Å². The summed E-state index contributed by atoms with van der Waals surface area (Å²) in [5.41, 5.74) is 13.7. The lowest BCUT2D eigenvalue weighted by Gasteiger charge is -2.27. The van der Waals surface area contributed by atoms with Gasteiger partial charge in [-0.3, -0.25) is 0 Å². The fourth-order valence-electron chi connectivity index (χ4n) is 8.69. The molecule has 1 aliphatic rings. The van der Waals surface area contributed by atoms with E-state index >= 15 is 0 Å². The summed E-state index contributed by atoms with van der Waals surface area (Å²) in [6, 6.07) is 77.0. The van der Waals surface area contributed by atoms with Crippen molar-refractivity contribution in [3.63, 3.8) is 0 Å². The number of nitrogens with zero attached hydrogens (tertiary/aromatic N) is 2. The van der Waals surface area contributed by atoms with E-state index in [0.29, 0.717) is 0 Å². The van der Waals surface area contributed by atoms with Crippen molar-refractivity contribution in [1.82, 2.24) is 5.32 Å². The van der Waals surface area contributed by atoms with Gasteiger partial charge < -0.3 is 14.6 Å². The average molecular weight is 770 g/mol. The van der Waals surface area contributed by atoms with Crippen LogP contribution in [0.5, 0.6) is 0 Å². The van der Waals surface area contributed by atoms with E-state index in [1.54, 1.807) is 0 Å². The van der Waals surface area contributed by atoms with Crippen LogP contribution in [0.2, 0.25) is 0 Å². The van der Waals surface area contributed by atoms with Gasteiger partial charge in [0.15, 0.2) is 0 Å². The number of benzene rings is 9. The highest BCUT2D eigenvalue weighted by atomic mass is 16.3. The van der Waals surface area contributed by atoms with E-state index in [-0.39, 0.29) is 6.04 Å². The first-order valence-electron chi connectivity index (χ1n) is 20.4. The fourth-order valence-corrected chi connectivity index (χ4v) is 8.69. The monoisotopic (exact) mass is 769 g/mol. The van der Waals surface area contributed by atoms with Crippen LogP contribution in [0.25, 0.3) is 60.7 Å². The highest BCUT2D eigenvalue weighted by molar-refractivity contribution is 6.17. The average Bonchev–Trinajstić information content (AvgIpc) is 3.71. The maximum atomic E-state index is 6.74. The Morgan fingerprint density at radius 1 is 0.417 bits per heavy atom. The maximum absolute atomic E-state index is 6.74. The zero-order valence-corrected chi connectivity index (χ0v) is 32.7. The summed E-state index contributed by atoms with van der Waals surface area (Å²) >= 11 is 0. The smallest absolute Gasteiger partial charge is 0.138 e. The lowest BCUT2D eigenvalue weighted by molar-refractivity contribution is 0.669. The van der Waals surface area contributed by atoms with E-state index < -0.39 is 0 Å². The van der Waals surface area contributed by atoms with Gasteiger partial charge in [0.25, 0.3) is 0 Å². The molecule has 0 fully saturated rings. The third-order valence-corrected chi connectivity index (χ3v) is 11.5. The molecule has 2 heterocycles. The number of nitrogens with one attached hydrogen (secondary N) is 1. The van der Waals surface area contributed by atoms with Crippen LogP contribution in [-0.2, 0) is 0 Å². The molecule has 1 N–H and O–H groups in total. The molecule has 0 radical (unpaired) electrons. The predicted molar refractivity (Wildman–Crippen MR) is 250 cm³/mol. The Kier molecular flexibility index (Phi) is 8.86. The number of hydrogen-bond acceptors (Lipinski definition) is 4. The van der Waals surface area contributed by atoms with Crippen LogP contribution in [0.4, 0.5) is 17.1 Å². The Bertz CT molecular complexity index is 3210. The molecule has 60 heavy (non-hydrogen) atoms. The van der Waals surface area contributed by atoms with Gasteiger partial charge in [0.05, 0.1) is 17.4 Å². The summed E-state index contributed by atoms with van der Waals surface area (Å²) in [6.07, 6.45) is 2.26. The van der Waals surface area contributed by atoms with E-state index in [2.05, 4.69) is 216 Å². The maximum Gasteiger partial charge on any atom is 0.138 e. The molecule has 9 aromatic carbocycles. The summed E-state index contributed by atoms with van der Waals surface area (Å²) in [4.78, 5) is 7.48. The molecule has 0 aliphatic carbocycles. The van der Waals surface area contributed by atoms with Gasteiger partial charge in [0.2, 0.25) is 0 Å². The molecule has 0 bridgehead atoms. The topological polar surface area (TPSA) is 40.8 Å². The number of rotatable bonds is 8. The van der Waals surface area contributed by atoms with Crippen LogP contribution in [0.1, 0.15) is 22.7 Å². The Balaban J connectivity index is 1.10. The van der Waals surface area contributed by atoms with Crippen LogP contribution >= 0.6 is 0 Å². The second kappa shape index (κ2) is 15.1. The molecular weight excluding hydrogens is 731 g/mol. The van der Waals surface area contributed by atoms with Crippen LogP contribution in [0.3, 0.4) is 0 Å². The van der Waals surface area contributed by atoms with E-state index in [4.69, 9.17) is 9.41 Å². The summed E-state index contributed by atoms with van der Waals surface area (Å²) in [7, 11) is 0. The summed E-state index contributed by atoms with van der Waals surface area (Å²) in [5, 5.41) is 8.34. The van der Waals surface area contributed by atoms with E-state index in [9.17, 15) is 0 Å². The van der Waals surface area contributed by atoms with E-state index in [1.165, 1.54) is 22.1 Å². The zero-order chi connectivity index (χ0) is 39.8. The van der Waals surface area contributed by atoms with Crippen LogP contribution in [0, 0.1) is 0 Å². The van der Waals surface area contributed by atoms with Crippen LogP contribution in [-0.4, -0.2) is 5.84 Å². The van der Waals surface area contributed by atoms with Crippen molar-refractivity contribution < 1.29 is 4.42 Å². The predicted octanol–water partition coefficient (Wildman–Crippen LogP) is 14.7. The van der Waals surface area contributed by atoms with Crippen molar-refractivity contribution in [2.45, 2.75) is 6.04 Å². The third kappa shape index (κ3) is 6.41. The van der Waals surface area contributed by atoms with Crippen molar-refractivity contribution in [2.24, 2.45) is 4.99 Å². The van der Waals surface area contributed by atoms with Gasteiger partial charge in [-0.25, -0.2) is 4.99 Å². The minimum Gasteiger partial charge on any atom is -0.456 e.